The number of benzene rings is 1. The summed E-state index contributed by atoms with van der Waals surface area (Å²) in [4.78, 5) is 18.2. The van der Waals surface area contributed by atoms with E-state index in [0.717, 1.165) is 34.5 Å². The number of carbonyl (C=O) groups excluding carboxylic acids is 1. The number of aliphatic hydroxyl groups is 1. The molecule has 2 rings (SSSR count). The number of aromatic nitrogens is 2. The largest absolute Gasteiger partial charge is 0.465 e. The minimum atomic E-state index is -3.17. The Balaban J connectivity index is 2.59. The Morgan fingerprint density at radius 2 is 1.89 bits per heavy atom. The molecule has 0 aliphatic heterocycles. The number of hydrogen-bond donors (Lipinski definition) is 1. The van der Waals surface area contributed by atoms with E-state index in [9.17, 15) is 18.7 Å². The molecule has 1 N–H and O–H groups in total. The van der Waals surface area contributed by atoms with E-state index in [1.54, 1.807) is 56.0 Å². The summed E-state index contributed by atoms with van der Waals surface area (Å²) in [6, 6.07) is 4.71. The molecule has 1 heterocycles. The summed E-state index contributed by atoms with van der Waals surface area (Å²) in [6.45, 7) is 12.6. The maximum absolute atomic E-state index is 14.4. The number of aryl methyl sites for hydroxylation is 1. The van der Waals surface area contributed by atoms with Crippen molar-refractivity contribution in [2.75, 3.05) is 6.61 Å². The lowest BCUT2D eigenvalue weighted by Gasteiger charge is -2.25. The van der Waals surface area contributed by atoms with Crippen molar-refractivity contribution in [1.82, 2.24) is 9.55 Å². The van der Waals surface area contributed by atoms with Crippen LogP contribution in [0.2, 0.25) is 0 Å². The van der Waals surface area contributed by atoms with Gasteiger partial charge in [-0.05, 0) is 54.0 Å². The first kappa shape index (κ1) is 29.8. The highest BCUT2D eigenvalue weighted by Gasteiger charge is 2.36. The van der Waals surface area contributed by atoms with E-state index in [1.807, 2.05) is 31.5 Å². The molecule has 0 fully saturated rings. The van der Waals surface area contributed by atoms with Crippen molar-refractivity contribution < 1.29 is 23.4 Å². The molecule has 194 valence electrons. The summed E-state index contributed by atoms with van der Waals surface area (Å²) in [7, 11) is 3.43. The summed E-state index contributed by atoms with van der Waals surface area (Å²) >= 11 is 2.43. The van der Waals surface area contributed by atoms with Gasteiger partial charge in [0.05, 0.1) is 23.6 Å². The summed E-state index contributed by atoms with van der Waals surface area (Å²) in [6.07, 6.45) is 2.74. The highest BCUT2D eigenvalue weighted by Crippen LogP contribution is 2.46. The van der Waals surface area contributed by atoms with Crippen LogP contribution in [-0.2, 0) is 22.2 Å². The minimum Gasteiger partial charge on any atom is -0.465 e. The molecule has 1 atom stereocenters. The zero-order chi connectivity index (χ0) is 26.8. The molecule has 0 spiro atoms. The molecule has 0 aliphatic carbocycles. The van der Waals surface area contributed by atoms with Crippen LogP contribution in [0.4, 0.5) is 8.78 Å². The molecule has 0 radical (unpaired) electrons. The smallest absolute Gasteiger partial charge is 0.321 e. The van der Waals surface area contributed by atoms with Crippen LogP contribution < -0.4 is 0 Å². The number of carbonyl (C=O) groups is 1. The third-order valence-corrected chi connectivity index (χ3v) is 8.15. The molecule has 0 bridgehead atoms. The maximum atomic E-state index is 14.4. The second-order valence-electron chi connectivity index (χ2n) is 9.19. The highest BCUT2D eigenvalue weighted by molar-refractivity contribution is 8.03. The number of allylic oxidation sites excluding steroid dienone is 1. The molecule has 2 aromatic rings. The fourth-order valence-electron chi connectivity index (χ4n) is 3.45. The second-order valence-corrected chi connectivity index (χ2v) is 12.6. The zero-order valence-electron chi connectivity index (χ0n) is 21.5. The predicted molar refractivity (Wildman–Crippen MR) is 144 cm³/mol. The van der Waals surface area contributed by atoms with E-state index >= 15 is 0 Å². The summed E-state index contributed by atoms with van der Waals surface area (Å²) in [5.41, 5.74) is -2.16. The number of esters is 1. The van der Waals surface area contributed by atoms with Crippen LogP contribution in [0.25, 0.3) is 11.3 Å². The zero-order valence-corrected chi connectivity index (χ0v) is 24.3. The lowest BCUT2D eigenvalue weighted by Crippen LogP contribution is -2.30. The number of hydrogen-bond acceptors (Lipinski definition) is 6. The number of alkyl halides is 2. The number of halogens is 2. The molecular formula is C25H35F2N2O3PS2. The first-order chi connectivity index (χ1) is 16.0. The molecule has 5 nitrogen and oxygen atoms in total. The van der Waals surface area contributed by atoms with Crippen molar-refractivity contribution >= 4 is 38.7 Å². The number of thioether (sulfide) groups is 2. The van der Waals surface area contributed by atoms with Gasteiger partial charge in [-0.1, -0.05) is 46.1 Å². The Bertz CT molecular complexity index is 1100. The summed E-state index contributed by atoms with van der Waals surface area (Å²) < 4.78 is 34.9. The van der Waals surface area contributed by atoms with Gasteiger partial charge in [-0.15, -0.1) is 11.8 Å². The van der Waals surface area contributed by atoms with E-state index in [-0.39, 0.29) is 12.2 Å². The molecule has 0 saturated carbocycles. The normalized spacial score (nSPS) is 13.3. The van der Waals surface area contributed by atoms with Crippen molar-refractivity contribution in [1.29, 1.82) is 0 Å². The van der Waals surface area contributed by atoms with Crippen LogP contribution in [0.5, 0.6) is 0 Å². The van der Waals surface area contributed by atoms with Gasteiger partial charge in [0.25, 0.3) is 5.66 Å². The SMILES string of the molecule is CC/C=C(\Sc1nc(C)c(-c2ccc(C(F)(F)P)c(SC(C)(C)C(=O)OCC)c2)n1C)C(C)(C)O. The first-order valence-electron chi connectivity index (χ1n) is 11.3. The minimum absolute atomic E-state index is 0.182. The number of imidazole rings is 1. The quantitative estimate of drug-likeness (QED) is 0.199. The Morgan fingerprint density at radius 1 is 1.26 bits per heavy atom. The monoisotopic (exact) mass is 544 g/mol. The molecule has 0 amide bonds. The van der Waals surface area contributed by atoms with E-state index in [1.165, 1.54) is 17.8 Å². The third kappa shape index (κ3) is 7.31. The Morgan fingerprint density at radius 3 is 2.40 bits per heavy atom. The van der Waals surface area contributed by atoms with Gasteiger partial charge < -0.3 is 14.4 Å². The maximum Gasteiger partial charge on any atom is 0.321 e. The van der Waals surface area contributed by atoms with E-state index in [4.69, 9.17) is 9.72 Å². The van der Waals surface area contributed by atoms with Gasteiger partial charge in [-0.2, -0.15) is 8.78 Å². The van der Waals surface area contributed by atoms with Crippen molar-refractivity contribution in [2.24, 2.45) is 7.05 Å². The molecule has 0 saturated heterocycles. The molecular weight excluding hydrogens is 509 g/mol. The van der Waals surface area contributed by atoms with Crippen molar-refractivity contribution in [2.45, 2.75) is 81.0 Å². The van der Waals surface area contributed by atoms with Crippen molar-refractivity contribution in [3.63, 3.8) is 0 Å². The fourth-order valence-corrected chi connectivity index (χ4v) is 6.11. The fraction of sp³-hybridized carbons (Fsp3) is 0.520. The third-order valence-electron chi connectivity index (χ3n) is 5.17. The second kappa shape index (κ2) is 11.3. The Labute approximate surface area is 217 Å². The lowest BCUT2D eigenvalue weighted by molar-refractivity contribution is -0.145. The number of nitrogens with zero attached hydrogens (tertiary/aromatic N) is 2. The first-order valence-corrected chi connectivity index (χ1v) is 13.6. The van der Waals surface area contributed by atoms with Crippen LogP contribution in [-0.4, -0.2) is 37.6 Å². The van der Waals surface area contributed by atoms with Gasteiger partial charge in [0.2, 0.25) is 0 Å². The molecule has 0 aliphatic rings. The van der Waals surface area contributed by atoms with Crippen LogP contribution in [0.1, 0.15) is 59.2 Å². The van der Waals surface area contributed by atoms with Crippen LogP contribution >= 0.6 is 32.8 Å². The van der Waals surface area contributed by atoms with Crippen LogP contribution in [0.15, 0.2) is 39.2 Å². The van der Waals surface area contributed by atoms with E-state index in [2.05, 4.69) is 0 Å². The van der Waals surface area contributed by atoms with Gasteiger partial charge in [0, 0.05) is 28.0 Å². The van der Waals surface area contributed by atoms with Gasteiger partial charge in [-0.25, -0.2) is 4.98 Å². The van der Waals surface area contributed by atoms with Crippen molar-refractivity contribution in [3.05, 3.63) is 40.4 Å². The van der Waals surface area contributed by atoms with E-state index < -0.39 is 22.0 Å². The Hall–Kier alpha value is -1.41. The van der Waals surface area contributed by atoms with Gasteiger partial charge in [0.15, 0.2) is 5.16 Å². The summed E-state index contributed by atoms with van der Waals surface area (Å²) in [5, 5.41) is 11.2. The van der Waals surface area contributed by atoms with Crippen LogP contribution in [0.3, 0.4) is 0 Å². The molecule has 1 aromatic heterocycles. The average molecular weight is 545 g/mol. The van der Waals surface area contributed by atoms with Gasteiger partial charge in [0.1, 0.15) is 4.75 Å². The topological polar surface area (TPSA) is 64.3 Å². The van der Waals surface area contributed by atoms with Gasteiger partial charge in [-0.3, -0.25) is 4.79 Å². The van der Waals surface area contributed by atoms with Crippen molar-refractivity contribution in [3.8, 4) is 11.3 Å². The average Bonchev–Trinajstić information content (AvgIpc) is 2.99. The van der Waals surface area contributed by atoms with E-state index in [0.29, 0.717) is 15.6 Å². The lowest BCUT2D eigenvalue weighted by atomic mass is 10.1. The van der Waals surface area contributed by atoms with Gasteiger partial charge >= 0.3 is 5.97 Å². The molecule has 1 unspecified atom stereocenters. The predicted octanol–water partition coefficient (Wildman–Crippen LogP) is 6.91. The number of ether oxygens (including phenoxy) is 1. The van der Waals surface area contributed by atoms with Crippen LogP contribution in [0, 0.1) is 6.92 Å². The standard InChI is InChI=1S/C25H35F2N2O3PS2/c1-9-11-19(23(4,5)31)34-22-28-15(3)20(29(22)8)16-12-13-17(25(26,27)33)18(14-16)35-24(6,7)21(30)32-10-2/h11-14,31H,9-10,33H2,1-8H3/b19-11-. The number of rotatable bonds is 10. The summed E-state index contributed by atoms with van der Waals surface area (Å²) in [5.74, 6) is -0.467. The molecule has 1 aromatic carbocycles. The molecule has 35 heavy (non-hydrogen) atoms. The Kier molecular flexibility index (Phi) is 9.65. The molecule has 10 heteroatoms. The highest BCUT2D eigenvalue weighted by atomic mass is 32.2.